The van der Waals surface area contributed by atoms with E-state index < -0.39 is 5.91 Å². The molecule has 1 fully saturated rings. The van der Waals surface area contributed by atoms with Crippen LogP contribution in [0.5, 0.6) is 11.5 Å². The van der Waals surface area contributed by atoms with Crippen LogP contribution in [0.2, 0.25) is 0 Å². The van der Waals surface area contributed by atoms with Gasteiger partial charge in [0.1, 0.15) is 11.5 Å². The summed E-state index contributed by atoms with van der Waals surface area (Å²) in [7, 11) is 1.32. The van der Waals surface area contributed by atoms with E-state index in [9.17, 15) is 19.8 Å². The van der Waals surface area contributed by atoms with Gasteiger partial charge in [-0.25, -0.2) is 0 Å². The number of carbonyl (C=O) groups excluding carboxylic acids is 2. The van der Waals surface area contributed by atoms with Gasteiger partial charge in [-0.2, -0.15) is 0 Å². The number of esters is 1. The Labute approximate surface area is 116 Å². The number of benzene rings is 1. The van der Waals surface area contributed by atoms with E-state index in [0.29, 0.717) is 19.4 Å². The van der Waals surface area contributed by atoms with Crippen LogP contribution in [-0.4, -0.2) is 47.2 Å². The van der Waals surface area contributed by atoms with Gasteiger partial charge in [0.2, 0.25) is 0 Å². The van der Waals surface area contributed by atoms with Crippen molar-refractivity contribution in [1.82, 2.24) is 4.90 Å². The Hall–Kier alpha value is -2.24. The predicted octanol–water partition coefficient (Wildman–Crippen LogP) is 1.12. The summed E-state index contributed by atoms with van der Waals surface area (Å²) in [4.78, 5) is 25.4. The minimum Gasteiger partial charge on any atom is -0.508 e. The first-order valence-electron chi connectivity index (χ1n) is 6.42. The van der Waals surface area contributed by atoms with Crippen LogP contribution >= 0.6 is 0 Å². The summed E-state index contributed by atoms with van der Waals surface area (Å²) in [5.41, 5.74) is 0.0375. The first-order chi connectivity index (χ1) is 9.52. The van der Waals surface area contributed by atoms with E-state index in [2.05, 4.69) is 0 Å². The Morgan fingerprint density at radius 1 is 1.35 bits per heavy atom. The van der Waals surface area contributed by atoms with E-state index in [1.807, 2.05) is 0 Å². The minimum absolute atomic E-state index is 0.0375. The Morgan fingerprint density at radius 2 is 2.10 bits per heavy atom. The summed E-state index contributed by atoms with van der Waals surface area (Å²) in [6.45, 7) is 0.780. The van der Waals surface area contributed by atoms with Gasteiger partial charge in [0, 0.05) is 13.1 Å². The molecular weight excluding hydrogens is 262 g/mol. The van der Waals surface area contributed by atoms with Crippen molar-refractivity contribution in [2.45, 2.75) is 12.8 Å². The first-order valence-corrected chi connectivity index (χ1v) is 6.42. The van der Waals surface area contributed by atoms with E-state index in [-0.39, 0.29) is 35.5 Å². The average molecular weight is 279 g/mol. The van der Waals surface area contributed by atoms with Crippen LogP contribution in [0.4, 0.5) is 0 Å². The maximum absolute atomic E-state index is 12.3. The second-order valence-corrected chi connectivity index (χ2v) is 4.81. The van der Waals surface area contributed by atoms with E-state index in [4.69, 9.17) is 4.74 Å². The number of hydrogen-bond acceptors (Lipinski definition) is 5. The maximum Gasteiger partial charge on any atom is 0.310 e. The highest BCUT2D eigenvalue weighted by Gasteiger charge is 2.30. The zero-order valence-corrected chi connectivity index (χ0v) is 11.2. The van der Waals surface area contributed by atoms with Crippen LogP contribution in [0.15, 0.2) is 18.2 Å². The molecule has 1 amide bonds. The minimum atomic E-state index is -0.396. The lowest BCUT2D eigenvalue weighted by molar-refractivity contribution is -0.146. The van der Waals surface area contributed by atoms with Crippen molar-refractivity contribution in [1.29, 1.82) is 0 Å². The number of methoxy groups -OCH3 is 1. The highest BCUT2D eigenvalue weighted by molar-refractivity contribution is 5.97. The second kappa shape index (κ2) is 5.81. The van der Waals surface area contributed by atoms with E-state index in [1.165, 1.54) is 30.2 Å². The molecule has 0 bridgehead atoms. The number of hydrogen-bond donors (Lipinski definition) is 2. The second-order valence-electron chi connectivity index (χ2n) is 4.81. The SMILES string of the molecule is COC(=O)[C@H]1CCCN(C(=O)c2cc(O)ccc2O)C1. The molecule has 0 spiro atoms. The number of likely N-dealkylation sites (tertiary alicyclic amines) is 1. The molecule has 1 aromatic carbocycles. The fourth-order valence-electron chi connectivity index (χ4n) is 2.39. The van der Waals surface area contributed by atoms with Crippen molar-refractivity contribution in [3.05, 3.63) is 23.8 Å². The lowest BCUT2D eigenvalue weighted by Crippen LogP contribution is -2.42. The number of rotatable bonds is 2. The summed E-state index contributed by atoms with van der Waals surface area (Å²) in [5, 5.41) is 19.1. The molecular formula is C14H17NO5. The van der Waals surface area contributed by atoms with Crippen LogP contribution in [0.25, 0.3) is 0 Å². The molecule has 0 aromatic heterocycles. The number of phenolic OH excluding ortho intramolecular Hbond substituents is 2. The summed E-state index contributed by atoms with van der Waals surface area (Å²) in [6, 6.07) is 3.79. The van der Waals surface area contributed by atoms with Gasteiger partial charge in [-0.3, -0.25) is 9.59 Å². The van der Waals surface area contributed by atoms with Crippen molar-refractivity contribution in [3.63, 3.8) is 0 Å². The van der Waals surface area contributed by atoms with Gasteiger partial charge in [-0.05, 0) is 31.0 Å². The Balaban J connectivity index is 2.16. The molecule has 6 heteroatoms. The molecule has 0 aliphatic carbocycles. The zero-order valence-electron chi connectivity index (χ0n) is 11.2. The van der Waals surface area contributed by atoms with Crippen LogP contribution in [0, 0.1) is 5.92 Å². The number of piperidine rings is 1. The van der Waals surface area contributed by atoms with Gasteiger partial charge >= 0.3 is 5.97 Å². The largest absolute Gasteiger partial charge is 0.508 e. The predicted molar refractivity (Wildman–Crippen MR) is 70.4 cm³/mol. The molecule has 1 aliphatic rings. The lowest BCUT2D eigenvalue weighted by atomic mass is 9.97. The third-order valence-corrected chi connectivity index (χ3v) is 3.45. The number of amides is 1. The molecule has 0 radical (unpaired) electrons. The lowest BCUT2D eigenvalue weighted by Gasteiger charge is -2.31. The molecule has 0 unspecified atom stereocenters. The van der Waals surface area contributed by atoms with Crippen molar-refractivity contribution < 1.29 is 24.5 Å². The number of ether oxygens (including phenoxy) is 1. The van der Waals surface area contributed by atoms with Gasteiger partial charge in [-0.1, -0.05) is 0 Å². The van der Waals surface area contributed by atoms with Gasteiger partial charge in [0.15, 0.2) is 0 Å². The molecule has 6 nitrogen and oxygen atoms in total. The zero-order chi connectivity index (χ0) is 14.7. The average Bonchev–Trinajstić information content (AvgIpc) is 2.48. The summed E-state index contributed by atoms with van der Waals surface area (Å²) < 4.78 is 4.70. The van der Waals surface area contributed by atoms with Crippen LogP contribution in [0.1, 0.15) is 23.2 Å². The molecule has 2 rings (SSSR count). The fourth-order valence-corrected chi connectivity index (χ4v) is 2.39. The topological polar surface area (TPSA) is 87.1 Å². The quantitative estimate of drug-likeness (QED) is 0.626. The Morgan fingerprint density at radius 3 is 2.80 bits per heavy atom. The van der Waals surface area contributed by atoms with Crippen molar-refractivity contribution in [2.75, 3.05) is 20.2 Å². The molecule has 1 atom stereocenters. The Kier molecular flexibility index (Phi) is 4.12. The summed E-state index contributed by atoms with van der Waals surface area (Å²) in [6.07, 6.45) is 1.38. The van der Waals surface area contributed by atoms with E-state index in [0.717, 1.165) is 0 Å². The van der Waals surface area contributed by atoms with E-state index in [1.54, 1.807) is 0 Å². The van der Waals surface area contributed by atoms with Crippen molar-refractivity contribution >= 4 is 11.9 Å². The molecule has 108 valence electrons. The normalized spacial score (nSPS) is 18.6. The number of nitrogens with zero attached hydrogens (tertiary/aromatic N) is 1. The molecule has 0 saturated carbocycles. The van der Waals surface area contributed by atoms with Gasteiger partial charge < -0.3 is 19.8 Å². The third-order valence-electron chi connectivity index (χ3n) is 3.45. The highest BCUT2D eigenvalue weighted by Crippen LogP contribution is 2.26. The van der Waals surface area contributed by atoms with Crippen LogP contribution in [-0.2, 0) is 9.53 Å². The summed E-state index contributed by atoms with van der Waals surface area (Å²) >= 11 is 0. The molecule has 1 aliphatic heterocycles. The van der Waals surface area contributed by atoms with Crippen LogP contribution < -0.4 is 0 Å². The van der Waals surface area contributed by atoms with Crippen molar-refractivity contribution in [3.8, 4) is 11.5 Å². The molecule has 1 aromatic rings. The van der Waals surface area contributed by atoms with Gasteiger partial charge in [0.05, 0.1) is 18.6 Å². The molecule has 2 N–H and O–H groups in total. The first kappa shape index (κ1) is 14.2. The smallest absolute Gasteiger partial charge is 0.310 e. The van der Waals surface area contributed by atoms with Crippen LogP contribution in [0.3, 0.4) is 0 Å². The van der Waals surface area contributed by atoms with Gasteiger partial charge in [0.25, 0.3) is 5.91 Å². The van der Waals surface area contributed by atoms with Crippen molar-refractivity contribution in [2.24, 2.45) is 5.92 Å². The maximum atomic E-state index is 12.3. The Bertz CT molecular complexity index is 528. The number of carbonyl (C=O) groups is 2. The fraction of sp³-hybridized carbons (Fsp3) is 0.429. The third kappa shape index (κ3) is 2.84. The monoisotopic (exact) mass is 279 g/mol. The van der Waals surface area contributed by atoms with Gasteiger partial charge in [-0.15, -0.1) is 0 Å². The molecule has 1 saturated heterocycles. The summed E-state index contributed by atoms with van der Waals surface area (Å²) in [5.74, 6) is -1.34. The standard InChI is InChI=1S/C14H17NO5/c1-20-14(19)9-3-2-6-15(8-9)13(18)11-7-10(16)4-5-12(11)17/h4-5,7,9,16-17H,2-3,6,8H2,1H3/t9-/m0/s1. The number of phenols is 2. The number of aromatic hydroxyl groups is 2. The highest BCUT2D eigenvalue weighted by atomic mass is 16.5. The molecule has 20 heavy (non-hydrogen) atoms. The molecule has 1 heterocycles. The van der Waals surface area contributed by atoms with E-state index >= 15 is 0 Å².